The molecule has 1 atom stereocenters. The van der Waals surface area contributed by atoms with E-state index in [0.29, 0.717) is 31.5 Å². The highest BCUT2D eigenvalue weighted by atomic mass is 16.3. The summed E-state index contributed by atoms with van der Waals surface area (Å²) in [6.45, 7) is 6.12. The molecule has 1 rings (SSSR count). The molecule has 0 saturated carbocycles. The molecule has 5 nitrogen and oxygen atoms in total. The second kappa shape index (κ2) is 8.92. The lowest BCUT2D eigenvalue weighted by Crippen LogP contribution is -2.27. The van der Waals surface area contributed by atoms with Crippen LogP contribution >= 0.6 is 0 Å². The number of aliphatic hydroxyl groups excluding tert-OH is 1. The van der Waals surface area contributed by atoms with Crippen molar-refractivity contribution in [3.05, 3.63) is 48.0 Å². The van der Waals surface area contributed by atoms with Crippen LogP contribution in [-0.4, -0.2) is 29.6 Å². The van der Waals surface area contributed by atoms with Crippen molar-refractivity contribution in [1.82, 2.24) is 10.6 Å². The van der Waals surface area contributed by atoms with Gasteiger partial charge in [-0.1, -0.05) is 25.6 Å². The molecule has 0 bridgehead atoms. The molecule has 1 aromatic rings. The van der Waals surface area contributed by atoms with Crippen molar-refractivity contribution in [3.63, 3.8) is 0 Å². The highest BCUT2D eigenvalue weighted by molar-refractivity contribution is 5.94. The van der Waals surface area contributed by atoms with E-state index >= 15 is 0 Å². The number of amides is 2. The number of benzene rings is 1. The third-order valence-corrected chi connectivity index (χ3v) is 3.10. The van der Waals surface area contributed by atoms with E-state index in [1.807, 2.05) is 6.92 Å². The lowest BCUT2D eigenvalue weighted by Gasteiger charge is -2.09. The van der Waals surface area contributed by atoms with E-state index in [9.17, 15) is 14.7 Å². The van der Waals surface area contributed by atoms with Crippen molar-refractivity contribution in [2.24, 2.45) is 0 Å². The van der Waals surface area contributed by atoms with Gasteiger partial charge in [0.1, 0.15) is 0 Å². The van der Waals surface area contributed by atoms with Gasteiger partial charge in [0.2, 0.25) is 5.91 Å². The average molecular weight is 290 g/mol. The van der Waals surface area contributed by atoms with Crippen molar-refractivity contribution >= 4 is 11.8 Å². The third-order valence-electron chi connectivity index (χ3n) is 3.10. The molecule has 0 radical (unpaired) electrons. The van der Waals surface area contributed by atoms with E-state index in [2.05, 4.69) is 17.2 Å². The Labute approximate surface area is 125 Å². The Morgan fingerprint density at radius 2 is 1.95 bits per heavy atom. The van der Waals surface area contributed by atoms with Crippen molar-refractivity contribution in [3.8, 4) is 0 Å². The minimum atomic E-state index is -0.374. The number of hydrogen-bond donors (Lipinski definition) is 3. The van der Waals surface area contributed by atoms with Crippen LogP contribution in [0, 0.1) is 0 Å². The quantitative estimate of drug-likeness (QED) is 0.633. The normalized spacial score (nSPS) is 11.5. The van der Waals surface area contributed by atoms with Crippen LogP contribution in [0.25, 0.3) is 0 Å². The summed E-state index contributed by atoms with van der Waals surface area (Å²) in [6.07, 6.45) is 2.07. The van der Waals surface area contributed by atoms with E-state index in [0.717, 1.165) is 5.56 Å². The van der Waals surface area contributed by atoms with Crippen LogP contribution in [0.2, 0.25) is 0 Å². The van der Waals surface area contributed by atoms with Crippen molar-refractivity contribution in [1.29, 1.82) is 0 Å². The van der Waals surface area contributed by atoms with Gasteiger partial charge in [-0.15, -0.1) is 0 Å². The summed E-state index contributed by atoms with van der Waals surface area (Å²) in [4.78, 5) is 22.9. The average Bonchev–Trinajstić information content (AvgIpc) is 2.52. The molecule has 21 heavy (non-hydrogen) atoms. The summed E-state index contributed by atoms with van der Waals surface area (Å²) >= 11 is 0. The number of nitrogens with one attached hydrogen (secondary N) is 2. The first-order chi connectivity index (χ1) is 10.1. The molecular weight excluding hydrogens is 268 g/mol. The van der Waals surface area contributed by atoms with Gasteiger partial charge < -0.3 is 15.7 Å². The topological polar surface area (TPSA) is 78.4 Å². The monoisotopic (exact) mass is 290 g/mol. The van der Waals surface area contributed by atoms with E-state index in [1.54, 1.807) is 24.3 Å². The van der Waals surface area contributed by atoms with Crippen LogP contribution in [0.4, 0.5) is 0 Å². The first-order valence-electron chi connectivity index (χ1n) is 7.02. The zero-order chi connectivity index (χ0) is 15.7. The minimum absolute atomic E-state index is 0.167. The van der Waals surface area contributed by atoms with Gasteiger partial charge in [-0.05, 0) is 36.6 Å². The maximum Gasteiger partial charge on any atom is 0.251 e. The Morgan fingerprint density at radius 3 is 2.52 bits per heavy atom. The Hall–Kier alpha value is -2.14. The van der Waals surface area contributed by atoms with Gasteiger partial charge in [-0.25, -0.2) is 0 Å². The lowest BCUT2D eigenvalue weighted by molar-refractivity contribution is -0.116. The lowest BCUT2D eigenvalue weighted by atomic mass is 10.1. The van der Waals surface area contributed by atoms with Gasteiger partial charge in [0.15, 0.2) is 0 Å². The predicted octanol–water partition coefficient (Wildman–Crippen LogP) is 1.38. The van der Waals surface area contributed by atoms with Gasteiger partial charge >= 0.3 is 0 Å². The number of hydrogen-bond acceptors (Lipinski definition) is 3. The van der Waals surface area contributed by atoms with E-state index in [-0.39, 0.29) is 17.9 Å². The fourth-order valence-electron chi connectivity index (χ4n) is 1.69. The van der Waals surface area contributed by atoms with E-state index in [4.69, 9.17) is 0 Å². The molecule has 2 amide bonds. The van der Waals surface area contributed by atoms with Gasteiger partial charge in [0.25, 0.3) is 5.91 Å². The maximum atomic E-state index is 11.9. The van der Waals surface area contributed by atoms with Crippen LogP contribution in [0.1, 0.15) is 35.7 Å². The zero-order valence-electron chi connectivity index (χ0n) is 12.3. The fourth-order valence-corrected chi connectivity index (χ4v) is 1.69. The molecule has 0 saturated heterocycles. The van der Waals surface area contributed by atoms with Crippen LogP contribution < -0.4 is 10.6 Å². The smallest absolute Gasteiger partial charge is 0.251 e. The summed E-state index contributed by atoms with van der Waals surface area (Å²) < 4.78 is 0. The number of carbonyl (C=O) groups is 2. The highest BCUT2D eigenvalue weighted by Gasteiger charge is 2.06. The molecule has 5 heteroatoms. The molecule has 0 heterocycles. The molecule has 1 aromatic carbocycles. The minimum Gasteiger partial charge on any atom is -0.393 e. The molecular formula is C16H22N2O3. The van der Waals surface area contributed by atoms with Crippen molar-refractivity contribution in [2.75, 3.05) is 6.54 Å². The van der Waals surface area contributed by atoms with Crippen LogP contribution in [0.5, 0.6) is 0 Å². The SMILES string of the molecule is C=CC(=O)NCc1ccc(C(=O)NCCC(O)CC)cc1. The summed E-state index contributed by atoms with van der Waals surface area (Å²) in [5.74, 6) is -0.397. The molecule has 114 valence electrons. The van der Waals surface area contributed by atoms with Gasteiger partial charge in [0, 0.05) is 18.7 Å². The zero-order valence-corrected chi connectivity index (χ0v) is 12.3. The van der Waals surface area contributed by atoms with E-state index < -0.39 is 0 Å². The molecule has 0 spiro atoms. The molecule has 0 aliphatic carbocycles. The Bertz CT molecular complexity index is 483. The summed E-state index contributed by atoms with van der Waals surface area (Å²) in [6, 6.07) is 7.00. The summed E-state index contributed by atoms with van der Waals surface area (Å²) in [5, 5.41) is 14.8. The van der Waals surface area contributed by atoms with Gasteiger partial charge in [-0.3, -0.25) is 9.59 Å². The third kappa shape index (κ3) is 6.23. The van der Waals surface area contributed by atoms with Gasteiger partial charge in [-0.2, -0.15) is 0 Å². The second-order valence-corrected chi connectivity index (χ2v) is 4.73. The van der Waals surface area contributed by atoms with Crippen LogP contribution in [-0.2, 0) is 11.3 Å². The molecule has 0 fully saturated rings. The number of aliphatic hydroxyl groups is 1. The summed E-state index contributed by atoms with van der Waals surface area (Å²) in [5.41, 5.74) is 1.46. The Balaban J connectivity index is 2.43. The second-order valence-electron chi connectivity index (χ2n) is 4.73. The fraction of sp³-hybridized carbons (Fsp3) is 0.375. The molecule has 0 aliphatic rings. The summed E-state index contributed by atoms with van der Waals surface area (Å²) in [7, 11) is 0. The predicted molar refractivity (Wildman–Crippen MR) is 81.7 cm³/mol. The first-order valence-corrected chi connectivity index (χ1v) is 7.02. The Morgan fingerprint density at radius 1 is 1.29 bits per heavy atom. The van der Waals surface area contributed by atoms with Gasteiger partial charge in [0.05, 0.1) is 6.10 Å². The van der Waals surface area contributed by atoms with Crippen molar-refractivity contribution in [2.45, 2.75) is 32.4 Å². The van der Waals surface area contributed by atoms with Crippen LogP contribution in [0.3, 0.4) is 0 Å². The van der Waals surface area contributed by atoms with Crippen molar-refractivity contribution < 1.29 is 14.7 Å². The van der Waals surface area contributed by atoms with E-state index in [1.165, 1.54) is 6.08 Å². The molecule has 0 aromatic heterocycles. The molecule has 3 N–H and O–H groups in total. The number of rotatable bonds is 8. The molecule has 1 unspecified atom stereocenters. The highest BCUT2D eigenvalue weighted by Crippen LogP contribution is 2.05. The molecule has 0 aliphatic heterocycles. The van der Waals surface area contributed by atoms with Crippen LogP contribution in [0.15, 0.2) is 36.9 Å². The first kappa shape index (κ1) is 16.9. The largest absolute Gasteiger partial charge is 0.393 e. The Kier molecular flexibility index (Phi) is 7.18. The number of carbonyl (C=O) groups excluding carboxylic acids is 2. The standard InChI is InChI=1S/C16H22N2O3/c1-3-14(19)9-10-17-16(21)13-7-5-12(6-8-13)11-18-15(20)4-2/h4-8,14,19H,2-3,9-11H2,1H3,(H,17,21)(H,18,20). The maximum absolute atomic E-state index is 11.9.